The molecule has 38 heavy (non-hydrogen) atoms. The molecule has 1 saturated carbocycles. The van der Waals surface area contributed by atoms with E-state index < -0.39 is 18.1 Å². The van der Waals surface area contributed by atoms with E-state index in [1.165, 1.54) is 14.0 Å². The Morgan fingerprint density at radius 3 is 2.39 bits per heavy atom. The molecule has 2 heterocycles. The van der Waals surface area contributed by atoms with Crippen molar-refractivity contribution < 1.29 is 24.2 Å². The third-order valence-electron chi connectivity index (χ3n) is 8.00. The Labute approximate surface area is 221 Å². The lowest BCUT2D eigenvalue weighted by atomic mass is 9.85. The zero-order chi connectivity index (χ0) is 27.0. The minimum absolute atomic E-state index is 0.00306. The highest BCUT2D eigenvalue weighted by molar-refractivity contribution is 5.95. The van der Waals surface area contributed by atoms with E-state index in [9.17, 15) is 19.5 Å². The van der Waals surface area contributed by atoms with Crippen LogP contribution in [0.4, 0.5) is 10.5 Å². The van der Waals surface area contributed by atoms with Gasteiger partial charge in [0.1, 0.15) is 11.9 Å². The van der Waals surface area contributed by atoms with E-state index in [2.05, 4.69) is 9.88 Å². The van der Waals surface area contributed by atoms with Crippen LogP contribution < -0.4 is 10.2 Å². The molecule has 5 rings (SSSR count). The summed E-state index contributed by atoms with van der Waals surface area (Å²) in [6.45, 7) is 3.51. The normalized spacial score (nSPS) is 22.0. The molecule has 1 unspecified atom stereocenters. The Morgan fingerprint density at radius 2 is 1.76 bits per heavy atom. The summed E-state index contributed by atoms with van der Waals surface area (Å²) in [5.41, 5.74) is 4.44. The monoisotopic (exact) mass is 518 g/mol. The van der Waals surface area contributed by atoms with Gasteiger partial charge < -0.3 is 19.7 Å². The van der Waals surface area contributed by atoms with Gasteiger partial charge in [-0.1, -0.05) is 30.3 Å². The van der Waals surface area contributed by atoms with Crippen LogP contribution in [-0.4, -0.2) is 45.8 Å². The number of anilines is 1. The van der Waals surface area contributed by atoms with Crippen molar-refractivity contribution in [2.24, 2.45) is 5.92 Å². The second-order valence-electron chi connectivity index (χ2n) is 10.4. The number of ether oxygens (including phenoxy) is 1. The standard InChI is InChI=1S/C29H34N4O5/c1-17-9-14-22-23(32(17)29(37)38-3)15-16-24-26(22)31-27(25(30-18(2)34)19-7-5-4-6-8-19)33(24)21-12-10-20(11-13-21)28(35)36/h4-8,15-17,20-21,25H,9-14H2,1-3H3,(H,30,34)(H,35,36)/t17-,20?,21?,25?/m0/s1. The molecule has 2 atom stereocenters. The predicted molar refractivity (Wildman–Crippen MR) is 143 cm³/mol. The van der Waals surface area contributed by atoms with E-state index in [-0.39, 0.29) is 23.9 Å². The second-order valence-corrected chi connectivity index (χ2v) is 10.4. The molecule has 2 aromatic carbocycles. The summed E-state index contributed by atoms with van der Waals surface area (Å²) < 4.78 is 7.30. The summed E-state index contributed by atoms with van der Waals surface area (Å²) in [5.74, 6) is -0.533. The maximum atomic E-state index is 12.7. The van der Waals surface area contributed by atoms with Gasteiger partial charge in [0.05, 0.1) is 29.7 Å². The molecule has 0 saturated heterocycles. The van der Waals surface area contributed by atoms with Crippen molar-refractivity contribution in [2.75, 3.05) is 12.0 Å². The number of methoxy groups -OCH3 is 1. The number of hydrogen-bond acceptors (Lipinski definition) is 5. The van der Waals surface area contributed by atoms with Gasteiger partial charge in [-0.05, 0) is 63.1 Å². The lowest BCUT2D eigenvalue weighted by molar-refractivity contribution is -0.143. The summed E-state index contributed by atoms with van der Waals surface area (Å²) in [5, 5.41) is 12.7. The molecule has 2 amide bonds. The van der Waals surface area contributed by atoms with Crippen LogP contribution in [0.5, 0.6) is 0 Å². The van der Waals surface area contributed by atoms with Gasteiger partial charge in [-0.25, -0.2) is 9.78 Å². The molecular formula is C29H34N4O5. The highest BCUT2D eigenvalue weighted by Gasteiger charge is 2.35. The molecule has 0 bridgehead atoms. The van der Waals surface area contributed by atoms with Gasteiger partial charge in [-0.3, -0.25) is 14.5 Å². The number of benzene rings is 2. The molecule has 1 fully saturated rings. The first-order chi connectivity index (χ1) is 18.3. The van der Waals surface area contributed by atoms with Crippen LogP contribution in [0, 0.1) is 5.92 Å². The molecule has 3 aromatic rings. The molecule has 0 radical (unpaired) electrons. The second kappa shape index (κ2) is 10.5. The summed E-state index contributed by atoms with van der Waals surface area (Å²) in [6.07, 6.45) is 3.74. The molecule has 1 aliphatic carbocycles. The van der Waals surface area contributed by atoms with E-state index in [0.717, 1.165) is 46.5 Å². The minimum atomic E-state index is -0.745. The average molecular weight is 519 g/mol. The van der Waals surface area contributed by atoms with Gasteiger partial charge in [-0.2, -0.15) is 0 Å². The Kier molecular flexibility index (Phi) is 7.10. The number of aryl methyl sites for hydroxylation is 1. The van der Waals surface area contributed by atoms with Crippen LogP contribution in [-0.2, 0) is 20.7 Å². The third-order valence-corrected chi connectivity index (χ3v) is 8.00. The zero-order valence-electron chi connectivity index (χ0n) is 22.0. The topological polar surface area (TPSA) is 114 Å². The number of rotatable bonds is 5. The fourth-order valence-corrected chi connectivity index (χ4v) is 6.11. The predicted octanol–water partition coefficient (Wildman–Crippen LogP) is 4.99. The molecule has 0 spiro atoms. The summed E-state index contributed by atoms with van der Waals surface area (Å²) in [6, 6.07) is 13.3. The molecule has 2 aliphatic rings. The van der Waals surface area contributed by atoms with E-state index in [0.29, 0.717) is 25.7 Å². The van der Waals surface area contributed by atoms with Crippen molar-refractivity contribution in [3.63, 3.8) is 0 Å². The van der Waals surface area contributed by atoms with Crippen LogP contribution in [0.2, 0.25) is 0 Å². The largest absolute Gasteiger partial charge is 0.481 e. The molecule has 200 valence electrons. The van der Waals surface area contributed by atoms with E-state index in [1.54, 1.807) is 4.90 Å². The number of carboxylic acid groups (broad SMARTS) is 1. The Bertz CT molecular complexity index is 1360. The van der Waals surface area contributed by atoms with Gasteiger partial charge in [0.25, 0.3) is 0 Å². The number of carbonyl (C=O) groups is 3. The minimum Gasteiger partial charge on any atom is -0.481 e. The van der Waals surface area contributed by atoms with Crippen molar-refractivity contribution in [3.05, 3.63) is 59.4 Å². The number of fused-ring (bicyclic) bond motifs is 3. The van der Waals surface area contributed by atoms with E-state index >= 15 is 0 Å². The SMILES string of the molecule is COC(=O)N1c2ccc3c(nc(C(NC(C)=O)c4ccccc4)n3C3CCC(C(=O)O)CC3)c2CC[C@@H]1C. The quantitative estimate of drug-likeness (QED) is 0.492. The van der Waals surface area contributed by atoms with Crippen molar-refractivity contribution >= 4 is 34.7 Å². The van der Waals surface area contributed by atoms with Crippen molar-refractivity contribution in [2.45, 2.75) is 70.5 Å². The number of imidazole rings is 1. The van der Waals surface area contributed by atoms with E-state index in [4.69, 9.17) is 9.72 Å². The number of aliphatic carboxylic acids is 1. The first-order valence-corrected chi connectivity index (χ1v) is 13.3. The molecule has 1 aromatic heterocycles. The average Bonchev–Trinajstić information content (AvgIpc) is 3.31. The van der Waals surface area contributed by atoms with Gasteiger partial charge in [-0.15, -0.1) is 0 Å². The van der Waals surface area contributed by atoms with Crippen LogP contribution in [0.15, 0.2) is 42.5 Å². The number of carbonyl (C=O) groups excluding carboxylic acids is 2. The maximum Gasteiger partial charge on any atom is 0.414 e. The molecule has 9 nitrogen and oxygen atoms in total. The molecular weight excluding hydrogens is 484 g/mol. The fraction of sp³-hybridized carbons (Fsp3) is 0.448. The maximum absolute atomic E-state index is 12.7. The summed E-state index contributed by atoms with van der Waals surface area (Å²) in [7, 11) is 1.39. The highest BCUT2D eigenvalue weighted by atomic mass is 16.5. The Hall–Kier alpha value is -3.88. The molecule has 9 heteroatoms. The van der Waals surface area contributed by atoms with Crippen LogP contribution in [0.1, 0.15) is 75.0 Å². The Morgan fingerprint density at radius 1 is 1.05 bits per heavy atom. The lowest BCUT2D eigenvalue weighted by Gasteiger charge is -2.34. The number of amides is 2. The van der Waals surface area contributed by atoms with Crippen LogP contribution >= 0.6 is 0 Å². The smallest absolute Gasteiger partial charge is 0.414 e. The van der Waals surface area contributed by atoms with Crippen LogP contribution in [0.25, 0.3) is 11.0 Å². The van der Waals surface area contributed by atoms with Gasteiger partial charge >= 0.3 is 12.1 Å². The fourth-order valence-electron chi connectivity index (χ4n) is 6.11. The zero-order valence-corrected chi connectivity index (χ0v) is 22.0. The van der Waals surface area contributed by atoms with E-state index in [1.807, 2.05) is 49.4 Å². The van der Waals surface area contributed by atoms with Crippen molar-refractivity contribution in [1.29, 1.82) is 0 Å². The van der Waals surface area contributed by atoms with Gasteiger partial charge in [0.2, 0.25) is 5.91 Å². The molecule has 2 N–H and O–H groups in total. The van der Waals surface area contributed by atoms with Crippen molar-refractivity contribution in [1.82, 2.24) is 14.9 Å². The van der Waals surface area contributed by atoms with Gasteiger partial charge in [0.15, 0.2) is 0 Å². The summed E-state index contributed by atoms with van der Waals surface area (Å²) in [4.78, 5) is 43.6. The Balaban J connectivity index is 1.70. The first-order valence-electron chi connectivity index (χ1n) is 13.3. The number of hydrogen-bond donors (Lipinski definition) is 2. The van der Waals surface area contributed by atoms with Crippen LogP contribution in [0.3, 0.4) is 0 Å². The van der Waals surface area contributed by atoms with Gasteiger partial charge in [0, 0.05) is 24.6 Å². The third kappa shape index (κ3) is 4.61. The number of aromatic nitrogens is 2. The molecule has 1 aliphatic heterocycles. The number of nitrogens with zero attached hydrogens (tertiary/aromatic N) is 3. The number of carboxylic acids is 1. The lowest BCUT2D eigenvalue weighted by Crippen LogP contribution is -2.42. The first kappa shape index (κ1) is 25.8. The summed E-state index contributed by atoms with van der Waals surface area (Å²) >= 11 is 0. The highest BCUT2D eigenvalue weighted by Crippen LogP contribution is 2.42. The van der Waals surface area contributed by atoms with Crippen molar-refractivity contribution in [3.8, 4) is 0 Å². The number of nitrogens with one attached hydrogen (secondary N) is 1.